The van der Waals surface area contributed by atoms with Crippen molar-refractivity contribution >= 4 is 17.0 Å². The van der Waals surface area contributed by atoms with Gasteiger partial charge in [0.25, 0.3) is 0 Å². The molecule has 2 rings (SSSR count). The van der Waals surface area contributed by atoms with Crippen molar-refractivity contribution in [1.29, 1.82) is 5.26 Å². The number of para-hydroxylation sites is 1. The van der Waals surface area contributed by atoms with E-state index in [4.69, 9.17) is 11.0 Å². The van der Waals surface area contributed by atoms with Crippen LogP contribution in [0.2, 0.25) is 0 Å². The molecule has 3 nitrogen and oxygen atoms in total. The molecule has 1 aromatic carbocycles. The van der Waals surface area contributed by atoms with Crippen LogP contribution in [0.5, 0.6) is 0 Å². The molecule has 0 aliphatic carbocycles. The first-order valence-corrected chi connectivity index (χ1v) is 7.59. The zero-order valence-corrected chi connectivity index (χ0v) is 12.6. The summed E-state index contributed by atoms with van der Waals surface area (Å²) in [7, 11) is 0. The highest BCUT2D eigenvalue weighted by Crippen LogP contribution is 2.22. The van der Waals surface area contributed by atoms with Gasteiger partial charge in [0.15, 0.2) is 0 Å². The van der Waals surface area contributed by atoms with E-state index in [2.05, 4.69) is 41.0 Å². The SMILES string of the molecule is N#CCCN(Cc1ccc(C#CCN)s1)c1ccccc1. The third-order valence-electron chi connectivity index (χ3n) is 2.94. The maximum absolute atomic E-state index is 8.83. The number of hydrogen-bond acceptors (Lipinski definition) is 4. The second kappa shape index (κ2) is 8.11. The molecule has 1 aromatic heterocycles. The molecular formula is C17H17N3S. The Morgan fingerprint density at radius 2 is 1.95 bits per heavy atom. The standard InChI is InChI=1S/C17H17N3S/c18-11-4-8-16-9-10-17(21-16)14-20(13-5-12-19)15-6-2-1-3-7-15/h1-3,6-7,9-10H,5,11,13-14,18H2. The summed E-state index contributed by atoms with van der Waals surface area (Å²) >= 11 is 1.68. The summed E-state index contributed by atoms with van der Waals surface area (Å²) in [5.74, 6) is 5.92. The van der Waals surface area contributed by atoms with Gasteiger partial charge >= 0.3 is 0 Å². The highest BCUT2D eigenvalue weighted by Gasteiger charge is 2.08. The van der Waals surface area contributed by atoms with Crippen molar-refractivity contribution in [3.63, 3.8) is 0 Å². The molecule has 2 N–H and O–H groups in total. The molecule has 4 heteroatoms. The molecule has 0 saturated carbocycles. The zero-order chi connectivity index (χ0) is 14.9. The van der Waals surface area contributed by atoms with Crippen LogP contribution in [-0.2, 0) is 6.54 Å². The lowest BCUT2D eigenvalue weighted by Crippen LogP contribution is -2.23. The minimum atomic E-state index is 0.380. The monoisotopic (exact) mass is 295 g/mol. The van der Waals surface area contributed by atoms with Crippen LogP contribution in [0.15, 0.2) is 42.5 Å². The number of hydrogen-bond donors (Lipinski definition) is 1. The summed E-state index contributed by atoms with van der Waals surface area (Å²) in [4.78, 5) is 4.48. The number of rotatable bonds is 5. The molecule has 0 radical (unpaired) electrons. The second-order valence-electron chi connectivity index (χ2n) is 4.44. The smallest absolute Gasteiger partial charge is 0.0772 e. The number of thiophene rings is 1. The molecular weight excluding hydrogens is 278 g/mol. The van der Waals surface area contributed by atoms with Crippen LogP contribution < -0.4 is 10.6 Å². The van der Waals surface area contributed by atoms with E-state index in [0.717, 1.165) is 23.7 Å². The Labute approximate surface area is 129 Å². The first-order valence-electron chi connectivity index (χ1n) is 6.78. The van der Waals surface area contributed by atoms with Gasteiger partial charge in [-0.15, -0.1) is 11.3 Å². The van der Waals surface area contributed by atoms with E-state index in [-0.39, 0.29) is 0 Å². The molecule has 0 saturated heterocycles. The lowest BCUT2D eigenvalue weighted by molar-refractivity contribution is 0.806. The fourth-order valence-corrected chi connectivity index (χ4v) is 2.88. The van der Waals surface area contributed by atoms with Gasteiger partial charge in [-0.25, -0.2) is 0 Å². The van der Waals surface area contributed by atoms with Crippen molar-refractivity contribution in [3.8, 4) is 17.9 Å². The van der Waals surface area contributed by atoms with Gasteiger partial charge in [-0.3, -0.25) is 0 Å². The third-order valence-corrected chi connectivity index (χ3v) is 3.92. The molecule has 2 aromatic rings. The number of anilines is 1. The van der Waals surface area contributed by atoms with Crippen molar-refractivity contribution in [1.82, 2.24) is 0 Å². The summed E-state index contributed by atoms with van der Waals surface area (Å²) in [5.41, 5.74) is 6.52. The molecule has 0 unspecified atom stereocenters. The molecule has 0 bridgehead atoms. The topological polar surface area (TPSA) is 53.0 Å². The van der Waals surface area contributed by atoms with Gasteiger partial charge in [0, 0.05) is 17.1 Å². The Hall–Kier alpha value is -2.27. The predicted molar refractivity (Wildman–Crippen MR) is 88.0 cm³/mol. The Balaban J connectivity index is 2.11. The Bertz CT molecular complexity index is 659. The van der Waals surface area contributed by atoms with Crippen molar-refractivity contribution in [2.75, 3.05) is 18.0 Å². The Morgan fingerprint density at radius 1 is 1.14 bits per heavy atom. The van der Waals surface area contributed by atoms with Gasteiger partial charge in [-0.2, -0.15) is 5.26 Å². The molecule has 1 heterocycles. The maximum atomic E-state index is 8.83. The summed E-state index contributed by atoms with van der Waals surface area (Å²) in [6.45, 7) is 1.90. The van der Waals surface area contributed by atoms with Crippen LogP contribution in [0.3, 0.4) is 0 Å². The number of nitrogens with zero attached hydrogens (tertiary/aromatic N) is 2. The second-order valence-corrected chi connectivity index (χ2v) is 5.61. The van der Waals surface area contributed by atoms with E-state index in [1.165, 1.54) is 4.88 Å². The lowest BCUT2D eigenvalue weighted by atomic mass is 10.2. The van der Waals surface area contributed by atoms with E-state index in [0.29, 0.717) is 13.0 Å². The molecule has 0 aliphatic heterocycles. The third kappa shape index (κ3) is 4.65. The summed E-state index contributed by atoms with van der Waals surface area (Å²) in [6, 6.07) is 16.5. The highest BCUT2D eigenvalue weighted by molar-refractivity contribution is 7.12. The molecule has 106 valence electrons. The van der Waals surface area contributed by atoms with Crippen molar-refractivity contribution < 1.29 is 0 Å². The van der Waals surface area contributed by atoms with E-state index in [1.54, 1.807) is 11.3 Å². The largest absolute Gasteiger partial charge is 0.365 e. The van der Waals surface area contributed by atoms with Crippen LogP contribution in [0.4, 0.5) is 5.69 Å². The Kier molecular flexibility index (Phi) is 5.84. The summed E-state index contributed by atoms with van der Waals surface area (Å²) in [6.07, 6.45) is 0.514. The van der Waals surface area contributed by atoms with Gasteiger partial charge in [0.1, 0.15) is 0 Å². The number of nitrogens with two attached hydrogens (primary N) is 1. The summed E-state index contributed by atoms with van der Waals surface area (Å²) in [5, 5.41) is 8.83. The van der Waals surface area contributed by atoms with Crippen LogP contribution >= 0.6 is 11.3 Å². The van der Waals surface area contributed by atoms with Crippen LogP contribution in [0.25, 0.3) is 0 Å². The van der Waals surface area contributed by atoms with Gasteiger partial charge in [-0.05, 0) is 24.3 Å². The minimum Gasteiger partial charge on any atom is -0.365 e. The molecule has 0 aliphatic rings. The van der Waals surface area contributed by atoms with E-state index in [9.17, 15) is 0 Å². The highest BCUT2D eigenvalue weighted by atomic mass is 32.1. The zero-order valence-electron chi connectivity index (χ0n) is 11.7. The van der Waals surface area contributed by atoms with Crippen LogP contribution in [0.1, 0.15) is 16.2 Å². The molecule has 0 fully saturated rings. The molecule has 0 atom stereocenters. The fraction of sp³-hybridized carbons (Fsp3) is 0.235. The van der Waals surface area contributed by atoms with Gasteiger partial charge in [0.2, 0.25) is 0 Å². The first-order chi connectivity index (χ1) is 10.3. The normalized spacial score (nSPS) is 9.52. The molecule has 0 spiro atoms. The van der Waals surface area contributed by atoms with Crippen molar-refractivity contribution in [2.45, 2.75) is 13.0 Å². The molecule has 0 amide bonds. The van der Waals surface area contributed by atoms with Gasteiger partial charge < -0.3 is 10.6 Å². The van der Waals surface area contributed by atoms with E-state index in [1.807, 2.05) is 24.3 Å². The van der Waals surface area contributed by atoms with Gasteiger partial charge in [-0.1, -0.05) is 30.0 Å². The Morgan fingerprint density at radius 3 is 2.67 bits per heavy atom. The minimum absolute atomic E-state index is 0.380. The maximum Gasteiger partial charge on any atom is 0.0772 e. The van der Waals surface area contributed by atoms with Gasteiger partial charge in [0.05, 0.1) is 30.5 Å². The average molecular weight is 295 g/mol. The lowest BCUT2D eigenvalue weighted by Gasteiger charge is -2.23. The predicted octanol–water partition coefficient (Wildman–Crippen LogP) is 2.98. The molecule has 21 heavy (non-hydrogen) atoms. The van der Waals surface area contributed by atoms with E-state index >= 15 is 0 Å². The summed E-state index contributed by atoms with van der Waals surface area (Å²) < 4.78 is 0. The van der Waals surface area contributed by atoms with Crippen molar-refractivity contribution in [2.24, 2.45) is 5.73 Å². The van der Waals surface area contributed by atoms with Crippen LogP contribution in [0, 0.1) is 23.2 Å². The quantitative estimate of drug-likeness (QED) is 0.863. The van der Waals surface area contributed by atoms with E-state index < -0.39 is 0 Å². The first kappa shape index (κ1) is 15.1. The van der Waals surface area contributed by atoms with Crippen LogP contribution in [-0.4, -0.2) is 13.1 Å². The fourth-order valence-electron chi connectivity index (χ4n) is 1.98. The van der Waals surface area contributed by atoms with Crippen molar-refractivity contribution in [3.05, 3.63) is 52.2 Å². The number of benzene rings is 1. The average Bonchev–Trinajstić information content (AvgIpc) is 2.97. The number of nitriles is 1.